The number of halogens is 3. The van der Waals surface area contributed by atoms with E-state index < -0.39 is 19.9 Å². The summed E-state index contributed by atoms with van der Waals surface area (Å²) in [5, 5.41) is 17.4. The monoisotopic (exact) mass is 221 g/mol. The molecule has 1 aromatic rings. The van der Waals surface area contributed by atoms with Gasteiger partial charge in [0.2, 0.25) is 5.88 Å². The number of alkyl halides is 3. The molecule has 0 atom stereocenters. The quantitative estimate of drug-likeness (QED) is 0.688. The summed E-state index contributed by atoms with van der Waals surface area (Å²) in [7, 11) is -1.83. The minimum Gasteiger partial charge on any atom is -0.468 e. The maximum Gasteiger partial charge on any atom is 0.508 e. The first kappa shape index (κ1) is 11.8. The minimum absolute atomic E-state index is 0.172. The van der Waals surface area contributed by atoms with Gasteiger partial charge >= 0.3 is 13.3 Å². The van der Waals surface area contributed by atoms with Crippen molar-refractivity contribution in [3.63, 3.8) is 0 Å². The third-order valence-electron chi connectivity index (χ3n) is 1.39. The van der Waals surface area contributed by atoms with Gasteiger partial charge in [-0.3, -0.25) is 0 Å². The van der Waals surface area contributed by atoms with Crippen molar-refractivity contribution < 1.29 is 28.0 Å². The highest BCUT2D eigenvalue weighted by atomic mass is 19.4. The molecule has 0 aromatic carbocycles. The van der Waals surface area contributed by atoms with Crippen LogP contribution in [0.5, 0.6) is 5.88 Å². The highest BCUT2D eigenvalue weighted by Crippen LogP contribution is 2.16. The van der Waals surface area contributed by atoms with Crippen molar-refractivity contribution in [2.45, 2.75) is 6.18 Å². The van der Waals surface area contributed by atoms with E-state index in [4.69, 9.17) is 10.0 Å². The number of rotatable bonds is 3. The second-order valence-electron chi connectivity index (χ2n) is 2.68. The summed E-state index contributed by atoms with van der Waals surface area (Å²) < 4.78 is 39.5. The molecule has 1 rings (SSSR count). The third kappa shape index (κ3) is 4.17. The van der Waals surface area contributed by atoms with Gasteiger partial charge in [-0.25, -0.2) is 4.98 Å². The summed E-state index contributed by atoms with van der Waals surface area (Å²) in [6.45, 7) is -1.47. The maximum atomic E-state index is 11.7. The van der Waals surface area contributed by atoms with Crippen LogP contribution in [0.1, 0.15) is 0 Å². The zero-order valence-electron chi connectivity index (χ0n) is 7.40. The van der Waals surface area contributed by atoms with Crippen LogP contribution < -0.4 is 10.3 Å². The molecule has 15 heavy (non-hydrogen) atoms. The Balaban J connectivity index is 2.66. The molecule has 0 radical (unpaired) electrons. The Labute approximate surface area is 83.5 Å². The van der Waals surface area contributed by atoms with Crippen LogP contribution in [0.15, 0.2) is 18.2 Å². The second-order valence-corrected chi connectivity index (χ2v) is 2.68. The number of ether oxygens (including phenoxy) is 1. The molecule has 1 aromatic heterocycles. The summed E-state index contributed by atoms with van der Waals surface area (Å²) in [4.78, 5) is 3.45. The lowest BCUT2D eigenvalue weighted by atomic mass is 9.86. The van der Waals surface area contributed by atoms with E-state index in [2.05, 4.69) is 9.72 Å². The molecule has 0 unspecified atom stereocenters. The van der Waals surface area contributed by atoms with E-state index in [-0.39, 0.29) is 11.5 Å². The van der Waals surface area contributed by atoms with Crippen LogP contribution in [-0.4, -0.2) is 34.9 Å². The molecule has 0 aliphatic carbocycles. The normalized spacial score (nSPS) is 11.3. The lowest BCUT2D eigenvalue weighted by Crippen LogP contribution is -2.33. The van der Waals surface area contributed by atoms with Gasteiger partial charge in [0.25, 0.3) is 0 Å². The van der Waals surface area contributed by atoms with Gasteiger partial charge in [-0.15, -0.1) is 0 Å². The van der Waals surface area contributed by atoms with Crippen LogP contribution in [-0.2, 0) is 0 Å². The highest BCUT2D eigenvalue weighted by molar-refractivity contribution is 6.57. The molecule has 82 valence electrons. The number of hydrogen-bond acceptors (Lipinski definition) is 4. The van der Waals surface area contributed by atoms with E-state index in [1.807, 2.05) is 0 Å². The van der Waals surface area contributed by atoms with E-state index in [1.54, 1.807) is 0 Å². The van der Waals surface area contributed by atoms with Gasteiger partial charge in [0, 0.05) is 6.07 Å². The molecular weight excluding hydrogens is 214 g/mol. The molecule has 4 nitrogen and oxygen atoms in total. The molecule has 0 aliphatic rings. The zero-order valence-corrected chi connectivity index (χ0v) is 7.40. The van der Waals surface area contributed by atoms with E-state index in [1.165, 1.54) is 18.2 Å². The summed E-state index contributed by atoms with van der Waals surface area (Å²) in [6.07, 6.45) is -4.45. The maximum absolute atomic E-state index is 11.7. The molecule has 2 N–H and O–H groups in total. The van der Waals surface area contributed by atoms with E-state index in [9.17, 15) is 13.2 Å². The van der Waals surface area contributed by atoms with Crippen LogP contribution >= 0.6 is 0 Å². The van der Waals surface area contributed by atoms with E-state index >= 15 is 0 Å². The average Bonchev–Trinajstić information content (AvgIpc) is 2.14. The molecule has 0 amide bonds. The number of nitrogens with zero attached hydrogens (tertiary/aromatic N) is 1. The standard InChI is InChI=1S/C7H7BF3NO3/c9-7(10,11)4-15-6-3-1-2-5(12-6)8(13)14/h1-3,13-14H,4H2. The molecule has 0 saturated heterocycles. The largest absolute Gasteiger partial charge is 0.508 e. The first-order valence-electron chi connectivity index (χ1n) is 3.91. The topological polar surface area (TPSA) is 62.6 Å². The molecule has 8 heteroatoms. The van der Waals surface area contributed by atoms with Crippen molar-refractivity contribution in [1.29, 1.82) is 0 Å². The van der Waals surface area contributed by atoms with Crippen LogP contribution in [0.25, 0.3) is 0 Å². The van der Waals surface area contributed by atoms with Crippen molar-refractivity contribution in [3.8, 4) is 5.88 Å². The molecule has 1 heterocycles. The number of pyridine rings is 1. The third-order valence-corrected chi connectivity index (χ3v) is 1.39. The van der Waals surface area contributed by atoms with Crippen molar-refractivity contribution >= 4 is 12.7 Å². The summed E-state index contributed by atoms with van der Waals surface area (Å²) in [5.41, 5.74) is -0.172. The second kappa shape index (κ2) is 4.50. The van der Waals surface area contributed by atoms with Crippen molar-refractivity contribution in [3.05, 3.63) is 18.2 Å². The smallest absolute Gasteiger partial charge is 0.468 e. The predicted molar refractivity (Wildman–Crippen MR) is 45.6 cm³/mol. The van der Waals surface area contributed by atoms with Gasteiger partial charge in [-0.2, -0.15) is 13.2 Å². The summed E-state index contributed by atoms with van der Waals surface area (Å²) in [5.74, 6) is -0.307. The highest BCUT2D eigenvalue weighted by Gasteiger charge is 2.28. The van der Waals surface area contributed by atoms with Crippen LogP contribution in [0.2, 0.25) is 0 Å². The van der Waals surface area contributed by atoms with Gasteiger partial charge in [0.05, 0.1) is 5.59 Å². The van der Waals surface area contributed by atoms with Crippen molar-refractivity contribution in [2.75, 3.05) is 6.61 Å². The van der Waals surface area contributed by atoms with Crippen LogP contribution in [0, 0.1) is 0 Å². The predicted octanol–water partition coefficient (Wildman–Crippen LogP) is -0.298. The van der Waals surface area contributed by atoms with Gasteiger partial charge in [-0.05, 0) is 6.07 Å². The number of hydrogen-bond donors (Lipinski definition) is 2. The van der Waals surface area contributed by atoms with Gasteiger partial charge < -0.3 is 14.8 Å². The molecule has 0 spiro atoms. The Morgan fingerprint density at radius 3 is 2.53 bits per heavy atom. The molecule has 0 aliphatic heterocycles. The Morgan fingerprint density at radius 2 is 2.00 bits per heavy atom. The van der Waals surface area contributed by atoms with Crippen molar-refractivity contribution in [1.82, 2.24) is 4.98 Å². The SMILES string of the molecule is OB(O)c1cccc(OCC(F)(F)F)n1. The summed E-state index contributed by atoms with van der Waals surface area (Å²) >= 11 is 0. The molecule has 0 bridgehead atoms. The Kier molecular flexibility index (Phi) is 3.54. The van der Waals surface area contributed by atoms with E-state index in [0.29, 0.717) is 0 Å². The summed E-state index contributed by atoms with van der Waals surface area (Å²) in [6, 6.07) is 3.76. The van der Waals surface area contributed by atoms with Crippen LogP contribution in [0.3, 0.4) is 0 Å². The fraction of sp³-hybridized carbons (Fsp3) is 0.286. The molecular formula is C7H7BF3NO3. The Morgan fingerprint density at radius 1 is 1.33 bits per heavy atom. The van der Waals surface area contributed by atoms with Crippen molar-refractivity contribution in [2.24, 2.45) is 0 Å². The van der Waals surface area contributed by atoms with Crippen LogP contribution in [0.4, 0.5) is 13.2 Å². The molecule has 0 saturated carbocycles. The molecule has 0 fully saturated rings. The first-order chi connectivity index (χ1) is 6.88. The lowest BCUT2D eigenvalue weighted by Gasteiger charge is -2.08. The Hall–Kier alpha value is -1.28. The van der Waals surface area contributed by atoms with E-state index in [0.717, 1.165) is 0 Å². The number of aromatic nitrogens is 1. The average molecular weight is 221 g/mol. The zero-order chi connectivity index (χ0) is 11.5. The fourth-order valence-corrected chi connectivity index (χ4v) is 0.811. The lowest BCUT2D eigenvalue weighted by molar-refractivity contribution is -0.154. The van der Waals surface area contributed by atoms with Gasteiger partial charge in [0.15, 0.2) is 6.61 Å². The first-order valence-corrected chi connectivity index (χ1v) is 3.91. The Bertz CT molecular complexity index is 332. The van der Waals surface area contributed by atoms with Gasteiger partial charge in [0.1, 0.15) is 0 Å². The minimum atomic E-state index is -4.45. The van der Waals surface area contributed by atoms with Gasteiger partial charge in [-0.1, -0.05) is 6.07 Å². The fourth-order valence-electron chi connectivity index (χ4n) is 0.811.